The zero-order chi connectivity index (χ0) is 27.1. The van der Waals surface area contributed by atoms with E-state index in [9.17, 15) is 39.2 Å². The molecule has 0 heterocycles. The number of halogens is 7. The molecule has 1 aliphatic carbocycles. The first-order valence-corrected chi connectivity index (χ1v) is 12.7. The Labute approximate surface area is 208 Å². The van der Waals surface area contributed by atoms with Gasteiger partial charge in [0.1, 0.15) is 16.3 Å². The smallest absolute Gasteiger partial charge is 0.442 e. The molecule has 0 aromatic heterocycles. The van der Waals surface area contributed by atoms with Crippen LogP contribution in [0.25, 0.3) is 0 Å². The van der Waals surface area contributed by atoms with Crippen molar-refractivity contribution in [3.8, 4) is 5.75 Å². The summed E-state index contributed by atoms with van der Waals surface area (Å²) in [4.78, 5) is -0.188. The molecule has 0 atom stereocenters. The summed E-state index contributed by atoms with van der Waals surface area (Å²) in [5.41, 5.74) is -5.89. The minimum Gasteiger partial charge on any atom is -0.464 e. The van der Waals surface area contributed by atoms with Crippen LogP contribution < -0.4 is 4.74 Å². The second kappa shape index (κ2) is 9.34. The standard InChI is InChI=1S/C26H21F7O3S/c27-20-12-14-22(15-13-20)37(34,35)23(16-4-5-17-23)18-8-10-19(11-9-18)24(25(28,29)30,26(31,32)33)36-21-6-2-1-3-7-21/h1-3,6-15H,4-5,16-17H2. The van der Waals surface area contributed by atoms with Gasteiger partial charge < -0.3 is 4.74 Å². The minimum atomic E-state index is -5.91. The predicted octanol–water partition coefficient (Wildman–Crippen LogP) is 7.47. The highest BCUT2D eigenvalue weighted by molar-refractivity contribution is 7.92. The van der Waals surface area contributed by atoms with Crippen LogP contribution in [-0.4, -0.2) is 20.8 Å². The van der Waals surface area contributed by atoms with E-state index >= 15 is 0 Å². The molecule has 0 spiro atoms. The van der Waals surface area contributed by atoms with Crippen LogP contribution in [0.2, 0.25) is 0 Å². The van der Waals surface area contributed by atoms with E-state index in [1.54, 1.807) is 0 Å². The van der Waals surface area contributed by atoms with Gasteiger partial charge >= 0.3 is 18.0 Å². The van der Waals surface area contributed by atoms with Gasteiger partial charge in [-0.15, -0.1) is 0 Å². The number of ether oxygens (including phenoxy) is 1. The van der Waals surface area contributed by atoms with Gasteiger partial charge in [0.15, 0.2) is 9.84 Å². The summed E-state index contributed by atoms with van der Waals surface area (Å²) in [6, 6.07) is 13.1. The molecule has 11 heteroatoms. The Balaban J connectivity index is 1.85. The average Bonchev–Trinajstić information content (AvgIpc) is 3.34. The van der Waals surface area contributed by atoms with Crippen molar-refractivity contribution in [3.63, 3.8) is 0 Å². The van der Waals surface area contributed by atoms with Gasteiger partial charge in [-0.25, -0.2) is 12.8 Å². The molecule has 1 aliphatic rings. The fourth-order valence-electron chi connectivity index (χ4n) is 4.83. The highest BCUT2D eigenvalue weighted by Crippen LogP contribution is 2.54. The van der Waals surface area contributed by atoms with Crippen molar-refractivity contribution in [1.29, 1.82) is 0 Å². The van der Waals surface area contributed by atoms with Gasteiger partial charge in [0.2, 0.25) is 0 Å². The van der Waals surface area contributed by atoms with E-state index in [1.165, 1.54) is 18.2 Å². The highest BCUT2D eigenvalue weighted by atomic mass is 32.2. The largest absolute Gasteiger partial charge is 0.464 e. The third kappa shape index (κ3) is 4.47. The lowest BCUT2D eigenvalue weighted by atomic mass is 9.88. The van der Waals surface area contributed by atoms with Crippen molar-refractivity contribution in [2.45, 2.75) is 53.3 Å². The van der Waals surface area contributed by atoms with E-state index < -0.39 is 49.7 Å². The van der Waals surface area contributed by atoms with Crippen molar-refractivity contribution in [1.82, 2.24) is 0 Å². The van der Waals surface area contributed by atoms with Crippen molar-refractivity contribution < 1.29 is 43.9 Å². The molecule has 0 radical (unpaired) electrons. The molecular formula is C26H21F7O3S. The van der Waals surface area contributed by atoms with Gasteiger partial charge in [-0.3, -0.25) is 0 Å². The Bertz CT molecular complexity index is 1310. The van der Waals surface area contributed by atoms with Crippen LogP contribution in [0, 0.1) is 5.82 Å². The Morgan fingerprint density at radius 3 is 1.70 bits per heavy atom. The van der Waals surface area contributed by atoms with Crippen LogP contribution in [-0.2, 0) is 20.2 Å². The number of sulfone groups is 1. The van der Waals surface area contributed by atoms with Crippen LogP contribution in [0.1, 0.15) is 36.8 Å². The summed E-state index contributed by atoms with van der Waals surface area (Å²) in [5, 5.41) is 0. The van der Waals surface area contributed by atoms with Crippen molar-refractivity contribution >= 4 is 9.84 Å². The van der Waals surface area contributed by atoms with E-state index in [0.717, 1.165) is 48.5 Å². The molecule has 3 aromatic carbocycles. The molecule has 3 nitrogen and oxygen atoms in total. The first kappa shape index (κ1) is 27.0. The maximum atomic E-state index is 14.2. The number of hydrogen-bond donors (Lipinski definition) is 0. The molecule has 0 amide bonds. The second-order valence-corrected chi connectivity index (χ2v) is 11.1. The fourth-order valence-corrected chi connectivity index (χ4v) is 7.05. The SMILES string of the molecule is O=S(=O)(c1ccc(F)cc1)C1(c2ccc(C(Oc3ccccc3)(C(F)(F)F)C(F)(F)F)cc2)CCCC1. The molecule has 0 unspecified atom stereocenters. The Hall–Kier alpha value is -3.08. The molecule has 4 rings (SSSR count). The molecule has 1 fully saturated rings. The van der Waals surface area contributed by atoms with Crippen LogP contribution in [0.5, 0.6) is 5.75 Å². The van der Waals surface area contributed by atoms with Crippen molar-refractivity contribution in [3.05, 3.63) is 95.8 Å². The van der Waals surface area contributed by atoms with Gasteiger partial charge in [0.05, 0.1) is 4.90 Å². The van der Waals surface area contributed by atoms with Crippen LogP contribution in [0.4, 0.5) is 30.7 Å². The fraction of sp³-hybridized carbons (Fsp3) is 0.308. The maximum absolute atomic E-state index is 14.2. The number of para-hydroxylation sites is 1. The lowest BCUT2D eigenvalue weighted by Crippen LogP contribution is -2.58. The summed E-state index contributed by atoms with van der Waals surface area (Å²) < 4.78 is 129. The number of hydrogen-bond acceptors (Lipinski definition) is 3. The van der Waals surface area contributed by atoms with Gasteiger partial charge in [0, 0.05) is 5.56 Å². The molecule has 0 aliphatic heterocycles. The van der Waals surface area contributed by atoms with Gasteiger partial charge in [-0.1, -0.05) is 55.3 Å². The Morgan fingerprint density at radius 1 is 0.703 bits per heavy atom. The highest BCUT2D eigenvalue weighted by Gasteiger charge is 2.74. The van der Waals surface area contributed by atoms with E-state index in [4.69, 9.17) is 0 Å². The molecule has 1 saturated carbocycles. The average molecular weight is 547 g/mol. The Morgan fingerprint density at radius 2 is 1.22 bits per heavy atom. The third-order valence-electron chi connectivity index (χ3n) is 6.68. The number of alkyl halides is 6. The van der Waals surface area contributed by atoms with Crippen molar-refractivity contribution in [2.24, 2.45) is 0 Å². The van der Waals surface area contributed by atoms with Crippen LogP contribution in [0.15, 0.2) is 83.8 Å². The van der Waals surface area contributed by atoms with E-state index in [1.807, 2.05) is 0 Å². The summed E-state index contributed by atoms with van der Waals surface area (Å²) in [5.74, 6) is -1.30. The van der Waals surface area contributed by atoms with E-state index in [-0.39, 0.29) is 23.3 Å². The number of benzene rings is 3. The maximum Gasteiger partial charge on any atom is 0.442 e. The third-order valence-corrected chi connectivity index (χ3v) is 9.25. The van der Waals surface area contributed by atoms with E-state index in [0.29, 0.717) is 25.0 Å². The normalized spacial score (nSPS) is 16.5. The predicted molar refractivity (Wildman–Crippen MR) is 121 cm³/mol. The first-order chi connectivity index (χ1) is 17.2. The Kier molecular flexibility index (Phi) is 6.81. The van der Waals surface area contributed by atoms with Crippen LogP contribution >= 0.6 is 0 Å². The van der Waals surface area contributed by atoms with Crippen molar-refractivity contribution in [2.75, 3.05) is 0 Å². The number of rotatable bonds is 6. The molecule has 37 heavy (non-hydrogen) atoms. The van der Waals surface area contributed by atoms with E-state index in [2.05, 4.69) is 4.74 Å². The quantitative estimate of drug-likeness (QED) is 0.238. The van der Waals surface area contributed by atoms with Crippen LogP contribution in [0.3, 0.4) is 0 Å². The molecule has 0 N–H and O–H groups in total. The monoisotopic (exact) mass is 546 g/mol. The lowest BCUT2D eigenvalue weighted by Gasteiger charge is -2.38. The minimum absolute atomic E-state index is 0.0519. The molecule has 0 bridgehead atoms. The lowest BCUT2D eigenvalue weighted by molar-refractivity contribution is -0.365. The summed E-state index contributed by atoms with van der Waals surface area (Å²) in [6.45, 7) is 0. The van der Waals surface area contributed by atoms with Gasteiger partial charge in [-0.05, 0) is 54.8 Å². The zero-order valence-corrected chi connectivity index (χ0v) is 19.9. The summed E-state index contributed by atoms with van der Waals surface area (Å²) in [6.07, 6.45) is -10.6. The molecule has 3 aromatic rings. The molecular weight excluding hydrogens is 525 g/mol. The summed E-state index contributed by atoms with van der Waals surface area (Å²) >= 11 is 0. The van der Waals surface area contributed by atoms with Gasteiger partial charge in [0.25, 0.3) is 0 Å². The topological polar surface area (TPSA) is 43.4 Å². The summed E-state index contributed by atoms with van der Waals surface area (Å²) in [7, 11) is -4.17. The molecule has 0 saturated heterocycles. The van der Waals surface area contributed by atoms with Gasteiger partial charge in [-0.2, -0.15) is 26.3 Å². The first-order valence-electron chi connectivity index (χ1n) is 11.2. The zero-order valence-electron chi connectivity index (χ0n) is 19.1. The second-order valence-electron chi connectivity index (χ2n) is 8.83. The molecule has 198 valence electrons.